The summed E-state index contributed by atoms with van der Waals surface area (Å²) < 4.78 is 20.6. The van der Waals surface area contributed by atoms with Crippen LogP contribution in [0.4, 0.5) is 4.39 Å². The maximum Gasteiger partial charge on any atom is 0.258 e. The number of imidazole rings is 1. The molecule has 0 atom stereocenters. The van der Waals surface area contributed by atoms with Gasteiger partial charge in [-0.05, 0) is 23.3 Å². The van der Waals surface area contributed by atoms with Gasteiger partial charge in [-0.2, -0.15) is 0 Å². The van der Waals surface area contributed by atoms with E-state index in [0.29, 0.717) is 6.54 Å². The van der Waals surface area contributed by atoms with Crippen molar-refractivity contribution >= 4 is 5.91 Å². The zero-order chi connectivity index (χ0) is 17.5. The maximum atomic E-state index is 13.4. The Morgan fingerprint density at radius 3 is 2.60 bits per heavy atom. The molecule has 0 fully saturated rings. The van der Waals surface area contributed by atoms with Crippen LogP contribution in [0.25, 0.3) is 0 Å². The van der Waals surface area contributed by atoms with Crippen LogP contribution in [0.3, 0.4) is 0 Å². The molecule has 3 aromatic rings. The Morgan fingerprint density at radius 2 is 1.88 bits per heavy atom. The summed E-state index contributed by atoms with van der Waals surface area (Å²) in [5.41, 5.74) is 2.13. The van der Waals surface area contributed by atoms with E-state index in [4.69, 9.17) is 4.74 Å². The summed E-state index contributed by atoms with van der Waals surface area (Å²) in [6, 6.07) is 13.9. The number of rotatable bonds is 7. The van der Waals surface area contributed by atoms with Crippen molar-refractivity contribution in [2.24, 2.45) is 0 Å². The summed E-state index contributed by atoms with van der Waals surface area (Å²) in [6.07, 6.45) is 5.42. The lowest BCUT2D eigenvalue weighted by Crippen LogP contribution is -2.28. The van der Waals surface area contributed by atoms with Crippen molar-refractivity contribution in [2.75, 3.05) is 6.61 Å². The van der Waals surface area contributed by atoms with Crippen molar-refractivity contribution in [1.29, 1.82) is 0 Å². The van der Waals surface area contributed by atoms with Gasteiger partial charge in [0.2, 0.25) is 0 Å². The monoisotopic (exact) mass is 339 g/mol. The summed E-state index contributed by atoms with van der Waals surface area (Å²) in [5.74, 6) is -0.712. The predicted octanol–water partition coefficient (Wildman–Crippen LogP) is 2.77. The molecule has 0 bridgehead atoms. The molecule has 1 amide bonds. The molecule has 0 saturated heterocycles. The molecule has 5 nitrogen and oxygen atoms in total. The van der Waals surface area contributed by atoms with Gasteiger partial charge < -0.3 is 14.6 Å². The summed E-state index contributed by atoms with van der Waals surface area (Å²) in [4.78, 5) is 15.8. The number of nitrogens with one attached hydrogen (secondary N) is 1. The number of aromatic nitrogens is 2. The minimum absolute atomic E-state index is 0.0708. The molecule has 0 aliphatic heterocycles. The van der Waals surface area contributed by atoms with Gasteiger partial charge in [0.1, 0.15) is 0 Å². The van der Waals surface area contributed by atoms with Crippen molar-refractivity contribution in [3.63, 3.8) is 0 Å². The average Bonchev–Trinajstić information content (AvgIpc) is 3.13. The van der Waals surface area contributed by atoms with E-state index in [2.05, 4.69) is 10.3 Å². The fourth-order valence-corrected chi connectivity index (χ4v) is 2.31. The quantitative estimate of drug-likeness (QED) is 0.720. The third kappa shape index (κ3) is 4.91. The van der Waals surface area contributed by atoms with E-state index in [1.165, 1.54) is 12.1 Å². The van der Waals surface area contributed by atoms with Gasteiger partial charge in [-0.1, -0.05) is 36.4 Å². The van der Waals surface area contributed by atoms with E-state index in [1.807, 2.05) is 35.0 Å². The summed E-state index contributed by atoms with van der Waals surface area (Å²) >= 11 is 0. The second-order valence-corrected chi connectivity index (χ2v) is 5.55. The molecule has 6 heteroatoms. The topological polar surface area (TPSA) is 56.1 Å². The molecule has 0 aliphatic carbocycles. The zero-order valence-electron chi connectivity index (χ0n) is 13.6. The summed E-state index contributed by atoms with van der Waals surface area (Å²) in [7, 11) is 0. The van der Waals surface area contributed by atoms with Crippen LogP contribution in [-0.2, 0) is 17.9 Å². The molecule has 0 aliphatic rings. The Hall–Kier alpha value is -3.15. The van der Waals surface area contributed by atoms with Crippen LogP contribution < -0.4 is 10.1 Å². The SMILES string of the molecule is O=C(COc1ccccc1F)NCc1ccc(Cn2ccnc2)cc1. The van der Waals surface area contributed by atoms with E-state index < -0.39 is 5.82 Å². The smallest absolute Gasteiger partial charge is 0.258 e. The first-order valence-corrected chi connectivity index (χ1v) is 7.88. The number of nitrogens with zero attached hydrogens (tertiary/aromatic N) is 2. The van der Waals surface area contributed by atoms with E-state index in [-0.39, 0.29) is 18.3 Å². The van der Waals surface area contributed by atoms with Gasteiger partial charge in [-0.25, -0.2) is 9.37 Å². The summed E-state index contributed by atoms with van der Waals surface area (Å²) in [5, 5.41) is 2.75. The van der Waals surface area contributed by atoms with E-state index >= 15 is 0 Å². The maximum absolute atomic E-state index is 13.4. The minimum atomic E-state index is -0.483. The molecular formula is C19H18FN3O2. The highest BCUT2D eigenvalue weighted by molar-refractivity contribution is 5.77. The number of para-hydroxylation sites is 1. The number of benzene rings is 2. The third-order valence-electron chi connectivity index (χ3n) is 3.63. The molecule has 1 heterocycles. The second-order valence-electron chi connectivity index (χ2n) is 5.55. The molecule has 0 unspecified atom stereocenters. The predicted molar refractivity (Wildman–Crippen MR) is 91.5 cm³/mol. The first kappa shape index (κ1) is 16.7. The Bertz CT molecular complexity index is 817. The van der Waals surface area contributed by atoms with E-state index in [1.54, 1.807) is 24.7 Å². The minimum Gasteiger partial charge on any atom is -0.481 e. The number of halogens is 1. The van der Waals surface area contributed by atoms with Gasteiger partial charge in [0.25, 0.3) is 5.91 Å². The van der Waals surface area contributed by atoms with Crippen LogP contribution in [0.2, 0.25) is 0 Å². The molecule has 128 valence electrons. The van der Waals surface area contributed by atoms with Gasteiger partial charge in [0.05, 0.1) is 6.33 Å². The molecule has 1 aromatic heterocycles. The normalized spacial score (nSPS) is 10.4. The van der Waals surface area contributed by atoms with Crippen LogP contribution >= 0.6 is 0 Å². The molecule has 0 spiro atoms. The second kappa shape index (κ2) is 8.10. The lowest BCUT2D eigenvalue weighted by Gasteiger charge is -2.09. The number of hydrogen-bond acceptors (Lipinski definition) is 3. The van der Waals surface area contributed by atoms with Crippen LogP contribution in [0.15, 0.2) is 67.3 Å². The fraction of sp³-hybridized carbons (Fsp3) is 0.158. The molecule has 2 aromatic carbocycles. The van der Waals surface area contributed by atoms with Gasteiger partial charge in [0.15, 0.2) is 18.2 Å². The zero-order valence-corrected chi connectivity index (χ0v) is 13.6. The summed E-state index contributed by atoms with van der Waals surface area (Å²) in [6.45, 7) is 0.924. The van der Waals surface area contributed by atoms with Crippen molar-refractivity contribution in [3.05, 3.63) is 84.2 Å². The molecule has 3 rings (SSSR count). The molecule has 25 heavy (non-hydrogen) atoms. The van der Waals surface area contributed by atoms with Crippen LogP contribution in [0, 0.1) is 5.82 Å². The van der Waals surface area contributed by atoms with Crippen LogP contribution in [-0.4, -0.2) is 22.1 Å². The molecule has 0 saturated carbocycles. The van der Waals surface area contributed by atoms with Gasteiger partial charge in [-0.15, -0.1) is 0 Å². The van der Waals surface area contributed by atoms with Crippen LogP contribution in [0.5, 0.6) is 5.75 Å². The average molecular weight is 339 g/mol. The van der Waals surface area contributed by atoms with Gasteiger partial charge in [-0.3, -0.25) is 4.79 Å². The van der Waals surface area contributed by atoms with Crippen molar-refractivity contribution in [1.82, 2.24) is 14.9 Å². The Balaban J connectivity index is 1.45. The number of hydrogen-bond donors (Lipinski definition) is 1. The van der Waals surface area contributed by atoms with E-state index in [9.17, 15) is 9.18 Å². The number of carbonyl (C=O) groups excluding carboxylic acids is 1. The van der Waals surface area contributed by atoms with Crippen molar-refractivity contribution in [2.45, 2.75) is 13.1 Å². The number of ether oxygens (including phenoxy) is 1. The molecule has 0 radical (unpaired) electrons. The number of carbonyl (C=O) groups is 1. The van der Waals surface area contributed by atoms with Crippen LogP contribution in [0.1, 0.15) is 11.1 Å². The fourth-order valence-electron chi connectivity index (χ4n) is 2.31. The van der Waals surface area contributed by atoms with Crippen molar-refractivity contribution in [3.8, 4) is 5.75 Å². The Labute approximate surface area is 145 Å². The van der Waals surface area contributed by atoms with E-state index in [0.717, 1.165) is 17.7 Å². The lowest BCUT2D eigenvalue weighted by atomic mass is 10.1. The van der Waals surface area contributed by atoms with Gasteiger partial charge >= 0.3 is 0 Å². The Morgan fingerprint density at radius 1 is 1.12 bits per heavy atom. The third-order valence-corrected chi connectivity index (χ3v) is 3.63. The Kier molecular flexibility index (Phi) is 5.41. The highest BCUT2D eigenvalue weighted by Gasteiger charge is 2.06. The lowest BCUT2D eigenvalue weighted by molar-refractivity contribution is -0.123. The highest BCUT2D eigenvalue weighted by atomic mass is 19.1. The molecular weight excluding hydrogens is 321 g/mol. The van der Waals surface area contributed by atoms with Crippen molar-refractivity contribution < 1.29 is 13.9 Å². The number of amides is 1. The molecule has 1 N–H and O–H groups in total. The first-order valence-electron chi connectivity index (χ1n) is 7.88. The standard InChI is InChI=1S/C19H18FN3O2/c20-17-3-1-2-4-18(17)25-13-19(24)22-11-15-5-7-16(8-6-15)12-23-10-9-21-14-23/h1-10,14H,11-13H2,(H,22,24). The van der Waals surface area contributed by atoms with Gasteiger partial charge in [0, 0.05) is 25.5 Å². The largest absolute Gasteiger partial charge is 0.481 e. The highest BCUT2D eigenvalue weighted by Crippen LogP contribution is 2.14. The first-order chi connectivity index (χ1) is 12.2.